The molecule has 1 amide bonds. The molecule has 0 aromatic carbocycles. The Labute approximate surface area is 127 Å². The van der Waals surface area contributed by atoms with Crippen LogP contribution in [0.25, 0.3) is 5.65 Å². The van der Waals surface area contributed by atoms with Gasteiger partial charge in [0, 0.05) is 44.4 Å². The van der Waals surface area contributed by atoms with Gasteiger partial charge in [0.15, 0.2) is 0 Å². The van der Waals surface area contributed by atoms with Crippen molar-refractivity contribution >= 4 is 11.6 Å². The Kier molecular flexibility index (Phi) is 3.00. The van der Waals surface area contributed by atoms with E-state index >= 15 is 0 Å². The van der Waals surface area contributed by atoms with E-state index in [1.54, 1.807) is 16.7 Å². The maximum atomic E-state index is 12.2. The molecule has 1 N–H and O–H groups in total. The van der Waals surface area contributed by atoms with Crippen LogP contribution < -0.4 is 10.9 Å². The largest absolute Gasteiger partial charge is 0.355 e. The molecule has 6 nitrogen and oxygen atoms in total. The zero-order valence-corrected chi connectivity index (χ0v) is 12.5. The van der Waals surface area contributed by atoms with Crippen LogP contribution in [-0.2, 0) is 11.3 Å². The summed E-state index contributed by atoms with van der Waals surface area (Å²) in [6.07, 6.45) is 1.74. The van der Waals surface area contributed by atoms with Gasteiger partial charge in [0.1, 0.15) is 5.65 Å². The number of hydrogen-bond acceptors (Lipinski definition) is 4. The third-order valence-electron chi connectivity index (χ3n) is 4.72. The van der Waals surface area contributed by atoms with Crippen molar-refractivity contribution < 1.29 is 4.79 Å². The quantitative estimate of drug-likeness (QED) is 0.859. The second kappa shape index (κ2) is 4.91. The second-order valence-corrected chi connectivity index (χ2v) is 6.28. The van der Waals surface area contributed by atoms with Crippen LogP contribution in [0.15, 0.2) is 29.2 Å². The molecule has 2 saturated heterocycles. The van der Waals surface area contributed by atoms with Crippen LogP contribution in [0.4, 0.5) is 0 Å². The van der Waals surface area contributed by atoms with Crippen molar-refractivity contribution in [3.63, 3.8) is 0 Å². The van der Waals surface area contributed by atoms with Crippen molar-refractivity contribution in [1.82, 2.24) is 19.6 Å². The number of aromatic nitrogens is 2. The number of amides is 1. The van der Waals surface area contributed by atoms with Gasteiger partial charge in [-0.1, -0.05) is 6.07 Å². The lowest BCUT2D eigenvalue weighted by Crippen LogP contribution is -2.29. The molecule has 114 valence electrons. The second-order valence-electron chi connectivity index (χ2n) is 6.28. The molecule has 2 aromatic heterocycles. The van der Waals surface area contributed by atoms with Crippen LogP contribution in [0.3, 0.4) is 0 Å². The van der Waals surface area contributed by atoms with Crippen molar-refractivity contribution in [2.75, 3.05) is 19.6 Å². The molecule has 0 bridgehead atoms. The van der Waals surface area contributed by atoms with E-state index in [1.807, 2.05) is 19.1 Å². The van der Waals surface area contributed by atoms with Crippen molar-refractivity contribution in [1.29, 1.82) is 0 Å². The topological polar surface area (TPSA) is 66.7 Å². The lowest BCUT2D eigenvalue weighted by atomic mass is 10.0. The van der Waals surface area contributed by atoms with E-state index < -0.39 is 0 Å². The van der Waals surface area contributed by atoms with Crippen LogP contribution >= 0.6 is 0 Å². The molecule has 2 atom stereocenters. The first-order valence-corrected chi connectivity index (χ1v) is 7.60. The Morgan fingerprint density at radius 1 is 1.36 bits per heavy atom. The van der Waals surface area contributed by atoms with Crippen LogP contribution in [0.1, 0.15) is 11.3 Å². The molecule has 2 aliphatic rings. The van der Waals surface area contributed by atoms with Gasteiger partial charge in [-0.15, -0.1) is 0 Å². The Hall–Kier alpha value is -2.21. The molecule has 0 radical (unpaired) electrons. The predicted octanol–water partition coefficient (Wildman–Crippen LogP) is 0.181. The summed E-state index contributed by atoms with van der Waals surface area (Å²) >= 11 is 0. The third-order valence-corrected chi connectivity index (χ3v) is 4.72. The number of likely N-dealkylation sites (tertiary alicyclic amines) is 1. The number of carbonyl (C=O) groups is 1. The predicted molar refractivity (Wildman–Crippen MR) is 81.5 cm³/mol. The lowest BCUT2D eigenvalue weighted by molar-refractivity contribution is -0.122. The molecular formula is C16H18N4O2. The van der Waals surface area contributed by atoms with Gasteiger partial charge >= 0.3 is 0 Å². The summed E-state index contributed by atoms with van der Waals surface area (Å²) in [4.78, 5) is 30.8. The summed E-state index contributed by atoms with van der Waals surface area (Å²) in [7, 11) is 0. The monoisotopic (exact) mass is 298 g/mol. The molecule has 2 aromatic rings. The lowest BCUT2D eigenvalue weighted by Gasteiger charge is -2.16. The van der Waals surface area contributed by atoms with E-state index in [0.717, 1.165) is 30.9 Å². The standard InChI is InChI=1S/C16H18N4O2/c1-10-3-2-4-20-14(21)5-12(18-15(10)20)8-19-7-11-6-17-16(22)13(11)9-19/h2-5,11,13H,6-9H2,1H3,(H,17,22)/t11-,13+/m0/s1. The average Bonchev–Trinajstić information content (AvgIpc) is 3.02. The maximum Gasteiger partial charge on any atom is 0.258 e. The summed E-state index contributed by atoms with van der Waals surface area (Å²) in [6, 6.07) is 5.40. The highest BCUT2D eigenvalue weighted by molar-refractivity contribution is 5.81. The van der Waals surface area contributed by atoms with Crippen molar-refractivity contribution in [2.24, 2.45) is 11.8 Å². The van der Waals surface area contributed by atoms with E-state index in [9.17, 15) is 9.59 Å². The zero-order chi connectivity index (χ0) is 15.3. The molecule has 2 aliphatic heterocycles. The minimum Gasteiger partial charge on any atom is -0.355 e. The molecule has 4 rings (SSSR count). The van der Waals surface area contributed by atoms with Gasteiger partial charge in [-0.25, -0.2) is 4.98 Å². The Balaban J connectivity index is 1.62. The summed E-state index contributed by atoms with van der Waals surface area (Å²) in [6.45, 7) is 4.99. The van der Waals surface area contributed by atoms with Crippen LogP contribution in [0.5, 0.6) is 0 Å². The van der Waals surface area contributed by atoms with Gasteiger partial charge in [-0.2, -0.15) is 0 Å². The van der Waals surface area contributed by atoms with Crippen molar-refractivity contribution in [3.05, 3.63) is 46.0 Å². The molecule has 0 saturated carbocycles. The fourth-order valence-corrected chi connectivity index (χ4v) is 3.58. The van der Waals surface area contributed by atoms with E-state index in [-0.39, 0.29) is 17.4 Å². The van der Waals surface area contributed by atoms with E-state index in [4.69, 9.17) is 0 Å². The van der Waals surface area contributed by atoms with Gasteiger partial charge in [0.25, 0.3) is 5.56 Å². The van der Waals surface area contributed by atoms with Gasteiger partial charge in [0.2, 0.25) is 5.91 Å². The Bertz CT molecular complexity index is 813. The number of rotatable bonds is 2. The van der Waals surface area contributed by atoms with Crippen LogP contribution in [0.2, 0.25) is 0 Å². The molecule has 0 spiro atoms. The average molecular weight is 298 g/mol. The minimum absolute atomic E-state index is 0.0548. The summed E-state index contributed by atoms with van der Waals surface area (Å²) in [5.41, 5.74) is 2.42. The van der Waals surface area contributed by atoms with E-state index in [2.05, 4.69) is 15.2 Å². The van der Waals surface area contributed by atoms with Crippen molar-refractivity contribution in [3.8, 4) is 0 Å². The highest BCUT2D eigenvalue weighted by Gasteiger charge is 2.41. The van der Waals surface area contributed by atoms with E-state index in [1.165, 1.54) is 0 Å². The number of nitrogens with one attached hydrogen (secondary N) is 1. The normalized spacial score (nSPS) is 24.7. The van der Waals surface area contributed by atoms with Gasteiger partial charge in [-0.3, -0.25) is 18.9 Å². The summed E-state index contributed by atoms with van der Waals surface area (Å²) in [5.74, 6) is 0.661. The number of hydrogen-bond donors (Lipinski definition) is 1. The molecule has 0 aliphatic carbocycles. The first kappa shape index (κ1) is 13.5. The summed E-state index contributed by atoms with van der Waals surface area (Å²) < 4.78 is 1.57. The Morgan fingerprint density at radius 3 is 3.05 bits per heavy atom. The van der Waals surface area contributed by atoms with E-state index in [0.29, 0.717) is 18.1 Å². The highest BCUT2D eigenvalue weighted by Crippen LogP contribution is 2.28. The molecular weight excluding hydrogens is 280 g/mol. The molecule has 4 heterocycles. The first-order valence-electron chi connectivity index (χ1n) is 7.60. The SMILES string of the molecule is Cc1cccn2c(=O)cc(CN3C[C@@H]4CNC(=O)[C@@H]4C3)nc12. The summed E-state index contributed by atoms with van der Waals surface area (Å²) in [5, 5.41) is 2.91. The van der Waals surface area contributed by atoms with Crippen LogP contribution in [0, 0.1) is 18.8 Å². The van der Waals surface area contributed by atoms with Gasteiger partial charge in [-0.05, 0) is 18.6 Å². The number of carbonyl (C=O) groups excluding carboxylic acids is 1. The molecule has 2 fully saturated rings. The van der Waals surface area contributed by atoms with Gasteiger partial charge < -0.3 is 5.32 Å². The maximum absolute atomic E-state index is 12.2. The fourth-order valence-electron chi connectivity index (χ4n) is 3.58. The zero-order valence-electron chi connectivity index (χ0n) is 12.5. The molecule has 22 heavy (non-hydrogen) atoms. The molecule has 0 unspecified atom stereocenters. The first-order chi connectivity index (χ1) is 10.6. The smallest absolute Gasteiger partial charge is 0.258 e. The highest BCUT2D eigenvalue weighted by atomic mass is 16.2. The number of pyridine rings is 1. The Morgan fingerprint density at radius 2 is 2.23 bits per heavy atom. The number of nitrogens with zero attached hydrogens (tertiary/aromatic N) is 3. The van der Waals surface area contributed by atoms with Gasteiger partial charge in [0.05, 0.1) is 11.6 Å². The number of aryl methyl sites for hydroxylation is 1. The van der Waals surface area contributed by atoms with Crippen molar-refractivity contribution in [2.45, 2.75) is 13.5 Å². The molecule has 6 heteroatoms. The van der Waals surface area contributed by atoms with Crippen LogP contribution in [-0.4, -0.2) is 39.8 Å². The third kappa shape index (κ3) is 2.11. The number of fused-ring (bicyclic) bond motifs is 2. The fraction of sp³-hybridized carbons (Fsp3) is 0.438. The minimum atomic E-state index is -0.0548.